The summed E-state index contributed by atoms with van der Waals surface area (Å²) in [7, 11) is 0. The standard InChI is InChI=1S/C14H22O4/c1-2-3-7-12(15)10-11-13(16)8-5-4-6-9-14(17)18/h5,8,12-13,15-16H,2-4,6-7,9H2,1H3,(H,17,18)/b8-5-/t12-,13+/m1/s1. The molecular weight excluding hydrogens is 232 g/mol. The first-order chi connectivity index (χ1) is 8.56. The predicted molar refractivity (Wildman–Crippen MR) is 69.9 cm³/mol. The molecule has 4 nitrogen and oxygen atoms in total. The molecule has 0 heterocycles. The zero-order chi connectivity index (χ0) is 13.8. The van der Waals surface area contributed by atoms with Gasteiger partial charge in [-0.1, -0.05) is 37.7 Å². The van der Waals surface area contributed by atoms with Crippen molar-refractivity contribution in [3.63, 3.8) is 0 Å². The third-order valence-electron chi connectivity index (χ3n) is 2.31. The van der Waals surface area contributed by atoms with Crippen molar-refractivity contribution >= 4 is 5.97 Å². The number of hydrogen-bond donors (Lipinski definition) is 3. The first-order valence-corrected chi connectivity index (χ1v) is 6.32. The molecule has 0 aromatic carbocycles. The molecule has 0 bridgehead atoms. The van der Waals surface area contributed by atoms with Gasteiger partial charge in [0.1, 0.15) is 12.2 Å². The Balaban J connectivity index is 3.81. The van der Waals surface area contributed by atoms with E-state index < -0.39 is 18.2 Å². The van der Waals surface area contributed by atoms with Gasteiger partial charge < -0.3 is 15.3 Å². The number of hydrogen-bond acceptors (Lipinski definition) is 3. The van der Waals surface area contributed by atoms with Gasteiger partial charge in [0, 0.05) is 6.42 Å². The van der Waals surface area contributed by atoms with Gasteiger partial charge in [-0.2, -0.15) is 0 Å². The van der Waals surface area contributed by atoms with E-state index >= 15 is 0 Å². The Hall–Kier alpha value is -1.31. The fourth-order valence-electron chi connectivity index (χ4n) is 1.30. The van der Waals surface area contributed by atoms with E-state index in [0.717, 1.165) is 12.8 Å². The maximum atomic E-state index is 10.2. The highest BCUT2D eigenvalue weighted by Crippen LogP contribution is 2.00. The van der Waals surface area contributed by atoms with Gasteiger partial charge in [-0.15, -0.1) is 0 Å². The van der Waals surface area contributed by atoms with Crippen LogP contribution in [0.15, 0.2) is 12.2 Å². The van der Waals surface area contributed by atoms with Gasteiger partial charge in [0.15, 0.2) is 0 Å². The number of carboxylic acids is 1. The minimum Gasteiger partial charge on any atom is -0.481 e. The van der Waals surface area contributed by atoms with Crippen LogP contribution in [0.25, 0.3) is 0 Å². The smallest absolute Gasteiger partial charge is 0.303 e. The molecule has 0 saturated carbocycles. The van der Waals surface area contributed by atoms with E-state index in [9.17, 15) is 15.0 Å². The molecular formula is C14H22O4. The van der Waals surface area contributed by atoms with Gasteiger partial charge in [-0.05, 0) is 25.3 Å². The summed E-state index contributed by atoms with van der Waals surface area (Å²) >= 11 is 0. The minimum atomic E-state index is -0.897. The van der Waals surface area contributed by atoms with E-state index in [0.29, 0.717) is 19.3 Å². The lowest BCUT2D eigenvalue weighted by atomic mass is 10.1. The van der Waals surface area contributed by atoms with E-state index in [4.69, 9.17) is 5.11 Å². The first kappa shape index (κ1) is 16.7. The summed E-state index contributed by atoms with van der Waals surface area (Å²) in [5, 5.41) is 27.3. The van der Waals surface area contributed by atoms with Crippen LogP contribution in [0, 0.1) is 11.8 Å². The normalized spacial score (nSPS) is 13.9. The zero-order valence-corrected chi connectivity index (χ0v) is 10.8. The van der Waals surface area contributed by atoms with Crippen LogP contribution >= 0.6 is 0 Å². The number of carboxylic acid groups (broad SMARTS) is 1. The van der Waals surface area contributed by atoms with Crippen molar-refractivity contribution in [1.82, 2.24) is 0 Å². The lowest BCUT2D eigenvalue weighted by Gasteiger charge is -2.00. The van der Waals surface area contributed by atoms with E-state index in [-0.39, 0.29) is 6.42 Å². The Kier molecular flexibility index (Phi) is 10.0. The van der Waals surface area contributed by atoms with Crippen molar-refractivity contribution in [2.75, 3.05) is 0 Å². The lowest BCUT2D eigenvalue weighted by Crippen LogP contribution is -2.05. The number of rotatable bonds is 8. The van der Waals surface area contributed by atoms with Crippen LogP contribution in [0.4, 0.5) is 0 Å². The van der Waals surface area contributed by atoms with Crippen molar-refractivity contribution in [2.45, 2.75) is 57.7 Å². The summed E-state index contributed by atoms with van der Waals surface area (Å²) in [6.07, 6.45) is 5.46. The van der Waals surface area contributed by atoms with Crippen molar-refractivity contribution < 1.29 is 20.1 Å². The molecule has 18 heavy (non-hydrogen) atoms. The van der Waals surface area contributed by atoms with Crippen LogP contribution in [0.3, 0.4) is 0 Å². The summed E-state index contributed by atoms with van der Waals surface area (Å²) in [5.41, 5.74) is 0. The molecule has 0 aliphatic carbocycles. The summed E-state index contributed by atoms with van der Waals surface area (Å²) < 4.78 is 0. The monoisotopic (exact) mass is 254 g/mol. The third kappa shape index (κ3) is 11.2. The Morgan fingerprint density at radius 1 is 1.28 bits per heavy atom. The van der Waals surface area contributed by atoms with Gasteiger partial charge >= 0.3 is 5.97 Å². The minimum absolute atomic E-state index is 0.127. The molecule has 0 spiro atoms. The van der Waals surface area contributed by atoms with Crippen molar-refractivity contribution in [2.24, 2.45) is 0 Å². The van der Waals surface area contributed by atoms with E-state index in [1.165, 1.54) is 6.08 Å². The van der Waals surface area contributed by atoms with Gasteiger partial charge in [-0.25, -0.2) is 0 Å². The fourth-order valence-corrected chi connectivity index (χ4v) is 1.30. The highest BCUT2D eigenvalue weighted by Gasteiger charge is 1.98. The van der Waals surface area contributed by atoms with E-state index in [1.807, 2.05) is 6.92 Å². The number of carbonyl (C=O) groups is 1. The van der Waals surface area contributed by atoms with Crippen molar-refractivity contribution in [3.05, 3.63) is 12.2 Å². The van der Waals surface area contributed by atoms with Crippen molar-refractivity contribution in [3.8, 4) is 11.8 Å². The van der Waals surface area contributed by atoms with Crippen LogP contribution in [-0.2, 0) is 4.79 Å². The number of aliphatic hydroxyl groups is 2. The van der Waals surface area contributed by atoms with E-state index in [2.05, 4.69) is 11.8 Å². The molecule has 0 amide bonds. The molecule has 0 rings (SSSR count). The zero-order valence-electron chi connectivity index (χ0n) is 10.8. The highest BCUT2D eigenvalue weighted by atomic mass is 16.4. The SMILES string of the molecule is CCCC[C@@H](O)C#C[C@@H](O)/C=C\CCCC(=O)O. The van der Waals surface area contributed by atoms with Gasteiger partial charge in [0.2, 0.25) is 0 Å². The predicted octanol–water partition coefficient (Wildman–Crippen LogP) is 1.71. The Labute approximate surface area is 108 Å². The topological polar surface area (TPSA) is 77.8 Å². The third-order valence-corrected chi connectivity index (χ3v) is 2.31. The van der Waals surface area contributed by atoms with Crippen molar-refractivity contribution in [1.29, 1.82) is 0 Å². The first-order valence-electron chi connectivity index (χ1n) is 6.32. The Morgan fingerprint density at radius 3 is 2.61 bits per heavy atom. The number of unbranched alkanes of at least 4 members (excludes halogenated alkanes) is 2. The molecule has 0 aromatic rings. The van der Waals surface area contributed by atoms with Gasteiger partial charge in [-0.3, -0.25) is 4.79 Å². The molecule has 4 heteroatoms. The molecule has 0 unspecified atom stereocenters. The van der Waals surface area contributed by atoms with Crippen LogP contribution < -0.4 is 0 Å². The number of aliphatic hydroxyl groups excluding tert-OH is 2. The number of allylic oxidation sites excluding steroid dienone is 1. The summed E-state index contributed by atoms with van der Waals surface area (Å²) in [6.45, 7) is 2.04. The Morgan fingerprint density at radius 2 is 2.00 bits per heavy atom. The average molecular weight is 254 g/mol. The molecule has 0 radical (unpaired) electrons. The maximum absolute atomic E-state index is 10.2. The quantitative estimate of drug-likeness (QED) is 0.350. The molecule has 0 saturated heterocycles. The number of aliphatic carboxylic acids is 1. The molecule has 102 valence electrons. The molecule has 0 aromatic heterocycles. The van der Waals surface area contributed by atoms with Gasteiger partial charge in [0.25, 0.3) is 0 Å². The van der Waals surface area contributed by atoms with Crippen LogP contribution in [0.2, 0.25) is 0 Å². The van der Waals surface area contributed by atoms with Crippen LogP contribution in [0.1, 0.15) is 45.4 Å². The highest BCUT2D eigenvalue weighted by molar-refractivity contribution is 5.66. The van der Waals surface area contributed by atoms with E-state index in [1.54, 1.807) is 6.08 Å². The van der Waals surface area contributed by atoms with Crippen LogP contribution in [0.5, 0.6) is 0 Å². The molecule has 0 aliphatic heterocycles. The second-order valence-corrected chi connectivity index (χ2v) is 4.11. The summed E-state index contributed by atoms with van der Waals surface area (Å²) in [5.74, 6) is 4.31. The molecule has 2 atom stereocenters. The van der Waals surface area contributed by atoms with Gasteiger partial charge in [0.05, 0.1) is 0 Å². The summed E-state index contributed by atoms with van der Waals surface area (Å²) in [4.78, 5) is 10.2. The average Bonchev–Trinajstić information content (AvgIpc) is 2.33. The van der Waals surface area contributed by atoms with Crippen LogP contribution in [-0.4, -0.2) is 33.5 Å². The largest absolute Gasteiger partial charge is 0.481 e. The Bertz CT molecular complexity index is 311. The fraction of sp³-hybridized carbons (Fsp3) is 0.643. The molecule has 0 fully saturated rings. The molecule has 3 N–H and O–H groups in total. The second kappa shape index (κ2) is 10.8. The maximum Gasteiger partial charge on any atom is 0.303 e. The summed E-state index contributed by atoms with van der Waals surface area (Å²) in [6, 6.07) is 0. The molecule has 0 aliphatic rings. The lowest BCUT2D eigenvalue weighted by molar-refractivity contribution is -0.137. The second-order valence-electron chi connectivity index (χ2n) is 4.11.